The third kappa shape index (κ3) is 3.87. The van der Waals surface area contributed by atoms with Crippen LogP contribution in [0.3, 0.4) is 0 Å². The van der Waals surface area contributed by atoms with Gasteiger partial charge >= 0.3 is 0 Å². The van der Waals surface area contributed by atoms with Crippen molar-refractivity contribution in [2.24, 2.45) is 0 Å². The van der Waals surface area contributed by atoms with E-state index < -0.39 is 5.60 Å². The molecular formula is C16H20ClN3O2. The fraction of sp³-hybridized carbons (Fsp3) is 0.438. The molecule has 1 aromatic heterocycles. The van der Waals surface area contributed by atoms with E-state index in [1.807, 2.05) is 41.3 Å². The monoisotopic (exact) mass is 321 g/mol. The summed E-state index contributed by atoms with van der Waals surface area (Å²) in [6.07, 6.45) is 5.17. The largest absolute Gasteiger partial charge is 0.388 e. The maximum absolute atomic E-state index is 10.4. The number of nitrogens with one attached hydrogen (secondary N) is 1. The molecule has 5 nitrogen and oxygen atoms in total. The summed E-state index contributed by atoms with van der Waals surface area (Å²) < 4.78 is 7.10. The first-order valence-electron chi connectivity index (χ1n) is 7.45. The van der Waals surface area contributed by atoms with Gasteiger partial charge in [-0.25, -0.2) is 4.68 Å². The Kier molecular flexibility index (Phi) is 4.78. The molecule has 0 bridgehead atoms. The van der Waals surface area contributed by atoms with Gasteiger partial charge in [-0.2, -0.15) is 5.10 Å². The number of aliphatic hydroxyl groups is 1. The van der Waals surface area contributed by atoms with E-state index in [-0.39, 0.29) is 0 Å². The van der Waals surface area contributed by atoms with Crippen molar-refractivity contribution in [1.82, 2.24) is 15.1 Å². The summed E-state index contributed by atoms with van der Waals surface area (Å²) >= 11 is 5.89. The normalized spacial score (nSPS) is 17.5. The second kappa shape index (κ2) is 6.79. The predicted molar refractivity (Wildman–Crippen MR) is 85.3 cm³/mol. The first-order chi connectivity index (χ1) is 10.6. The number of aromatic nitrogens is 2. The molecule has 0 amide bonds. The Hall–Kier alpha value is -1.40. The zero-order valence-electron chi connectivity index (χ0n) is 12.3. The van der Waals surface area contributed by atoms with Crippen molar-refractivity contribution in [2.45, 2.75) is 25.0 Å². The minimum Gasteiger partial charge on any atom is -0.388 e. The van der Waals surface area contributed by atoms with Crippen LogP contribution in [0, 0.1) is 0 Å². The van der Waals surface area contributed by atoms with E-state index in [0.717, 1.165) is 11.3 Å². The fourth-order valence-corrected chi connectivity index (χ4v) is 2.68. The second-order valence-corrected chi connectivity index (χ2v) is 6.15. The van der Waals surface area contributed by atoms with Gasteiger partial charge in [-0.05, 0) is 24.3 Å². The highest BCUT2D eigenvalue weighted by atomic mass is 35.5. The summed E-state index contributed by atoms with van der Waals surface area (Å²) in [5, 5.41) is 18.7. The summed E-state index contributed by atoms with van der Waals surface area (Å²) in [7, 11) is 0. The molecule has 0 radical (unpaired) electrons. The van der Waals surface area contributed by atoms with Crippen LogP contribution >= 0.6 is 11.6 Å². The molecule has 0 unspecified atom stereocenters. The van der Waals surface area contributed by atoms with Crippen LogP contribution in [0.15, 0.2) is 36.7 Å². The van der Waals surface area contributed by atoms with Crippen LogP contribution in [0.4, 0.5) is 0 Å². The number of benzene rings is 1. The molecule has 2 N–H and O–H groups in total. The molecule has 0 aliphatic carbocycles. The molecule has 1 fully saturated rings. The van der Waals surface area contributed by atoms with E-state index in [1.54, 1.807) is 0 Å². The Labute approximate surface area is 134 Å². The molecule has 118 valence electrons. The minimum atomic E-state index is -0.648. The maximum atomic E-state index is 10.4. The van der Waals surface area contributed by atoms with Gasteiger partial charge in [-0.1, -0.05) is 11.6 Å². The van der Waals surface area contributed by atoms with Crippen molar-refractivity contribution >= 4 is 11.6 Å². The van der Waals surface area contributed by atoms with E-state index in [4.69, 9.17) is 16.3 Å². The maximum Gasteiger partial charge on any atom is 0.0815 e. The molecule has 22 heavy (non-hydrogen) atoms. The molecule has 1 aromatic carbocycles. The van der Waals surface area contributed by atoms with Crippen LogP contribution in [-0.2, 0) is 11.3 Å². The van der Waals surface area contributed by atoms with E-state index in [1.165, 1.54) is 0 Å². The Balaban J connectivity index is 1.54. The lowest BCUT2D eigenvalue weighted by Crippen LogP contribution is -2.44. The number of ether oxygens (including phenoxy) is 1. The van der Waals surface area contributed by atoms with Crippen molar-refractivity contribution in [3.8, 4) is 5.69 Å². The van der Waals surface area contributed by atoms with E-state index in [0.29, 0.717) is 44.2 Å². The van der Waals surface area contributed by atoms with Crippen LogP contribution in [0.5, 0.6) is 0 Å². The Morgan fingerprint density at radius 2 is 2.00 bits per heavy atom. The van der Waals surface area contributed by atoms with Crippen LogP contribution in [0.1, 0.15) is 18.4 Å². The molecule has 0 atom stereocenters. The highest BCUT2D eigenvalue weighted by Gasteiger charge is 2.29. The number of halogens is 1. The molecular weight excluding hydrogens is 302 g/mol. The third-order valence-electron chi connectivity index (χ3n) is 3.93. The van der Waals surface area contributed by atoms with Gasteiger partial charge in [-0.15, -0.1) is 0 Å². The molecule has 3 rings (SSSR count). The lowest BCUT2D eigenvalue weighted by atomic mass is 9.94. The van der Waals surface area contributed by atoms with Crippen molar-refractivity contribution in [1.29, 1.82) is 0 Å². The zero-order chi connectivity index (χ0) is 15.4. The van der Waals surface area contributed by atoms with Gasteiger partial charge in [0.05, 0.1) is 17.5 Å². The Morgan fingerprint density at radius 3 is 2.73 bits per heavy atom. The summed E-state index contributed by atoms with van der Waals surface area (Å²) in [5.41, 5.74) is 1.40. The molecule has 1 saturated heterocycles. The van der Waals surface area contributed by atoms with Gasteiger partial charge in [-0.3, -0.25) is 0 Å². The average Bonchev–Trinajstić information content (AvgIpc) is 2.97. The van der Waals surface area contributed by atoms with Gasteiger partial charge in [0.2, 0.25) is 0 Å². The van der Waals surface area contributed by atoms with Crippen molar-refractivity contribution in [2.75, 3.05) is 19.8 Å². The Bertz CT molecular complexity index is 606. The lowest BCUT2D eigenvalue weighted by molar-refractivity contribution is -0.0617. The first-order valence-corrected chi connectivity index (χ1v) is 7.83. The van der Waals surface area contributed by atoms with E-state index in [9.17, 15) is 5.11 Å². The van der Waals surface area contributed by atoms with Gasteiger partial charge < -0.3 is 15.2 Å². The molecule has 0 saturated carbocycles. The van der Waals surface area contributed by atoms with Gasteiger partial charge in [0.1, 0.15) is 0 Å². The number of nitrogens with zero attached hydrogens (tertiary/aromatic N) is 2. The molecule has 6 heteroatoms. The average molecular weight is 322 g/mol. The van der Waals surface area contributed by atoms with Crippen molar-refractivity contribution in [3.05, 3.63) is 47.2 Å². The smallest absolute Gasteiger partial charge is 0.0815 e. The highest BCUT2D eigenvalue weighted by molar-refractivity contribution is 6.30. The van der Waals surface area contributed by atoms with Gasteiger partial charge in [0.15, 0.2) is 0 Å². The van der Waals surface area contributed by atoms with Crippen LogP contribution in [0.25, 0.3) is 5.69 Å². The number of rotatable bonds is 5. The predicted octanol–water partition coefficient (Wildman–Crippen LogP) is 2.16. The number of hydrogen-bond donors (Lipinski definition) is 2. The van der Waals surface area contributed by atoms with Crippen LogP contribution in [0.2, 0.25) is 5.02 Å². The quantitative estimate of drug-likeness (QED) is 0.886. The number of hydrogen-bond acceptors (Lipinski definition) is 4. The van der Waals surface area contributed by atoms with Crippen molar-refractivity contribution in [3.63, 3.8) is 0 Å². The summed E-state index contributed by atoms with van der Waals surface area (Å²) in [6.45, 7) is 2.51. The molecule has 1 aliphatic rings. The summed E-state index contributed by atoms with van der Waals surface area (Å²) in [4.78, 5) is 0. The molecule has 2 heterocycles. The fourth-order valence-electron chi connectivity index (χ4n) is 2.55. The molecule has 2 aromatic rings. The van der Waals surface area contributed by atoms with Crippen LogP contribution in [-0.4, -0.2) is 40.2 Å². The lowest BCUT2D eigenvalue weighted by Gasteiger charge is -2.32. The highest BCUT2D eigenvalue weighted by Crippen LogP contribution is 2.19. The van der Waals surface area contributed by atoms with Crippen molar-refractivity contribution < 1.29 is 9.84 Å². The summed E-state index contributed by atoms with van der Waals surface area (Å²) in [5.74, 6) is 0. The minimum absolute atomic E-state index is 0.572. The molecule has 0 spiro atoms. The third-order valence-corrected chi connectivity index (χ3v) is 4.19. The molecule has 1 aliphatic heterocycles. The summed E-state index contributed by atoms with van der Waals surface area (Å²) in [6, 6.07) is 7.54. The van der Waals surface area contributed by atoms with E-state index in [2.05, 4.69) is 10.4 Å². The zero-order valence-corrected chi connectivity index (χ0v) is 13.1. The Morgan fingerprint density at radius 1 is 1.27 bits per heavy atom. The standard InChI is InChI=1S/C16H20ClN3O2/c17-14-1-3-15(4-2-14)20-11-13(10-19-20)9-18-12-16(21)5-7-22-8-6-16/h1-4,10-11,18,21H,5-9,12H2. The second-order valence-electron chi connectivity index (χ2n) is 5.71. The SMILES string of the molecule is OC1(CNCc2cnn(-c3ccc(Cl)cc3)c2)CCOCC1. The van der Waals surface area contributed by atoms with Crippen LogP contribution < -0.4 is 5.32 Å². The van der Waals surface area contributed by atoms with Gasteiger partial charge in [0.25, 0.3) is 0 Å². The first kappa shape index (κ1) is 15.5. The topological polar surface area (TPSA) is 59.3 Å². The van der Waals surface area contributed by atoms with E-state index >= 15 is 0 Å². The van der Waals surface area contributed by atoms with Gasteiger partial charge in [0, 0.05) is 55.9 Å².